The fourth-order valence-electron chi connectivity index (χ4n) is 2.78. The Morgan fingerprint density at radius 3 is 2.77 bits per heavy atom. The molecule has 0 aliphatic heterocycles. The number of rotatable bonds is 3. The number of pyridine rings is 1. The molecule has 1 aliphatic rings. The van der Waals surface area contributed by atoms with E-state index in [1.165, 1.54) is 0 Å². The van der Waals surface area contributed by atoms with Crippen LogP contribution in [0.1, 0.15) is 31.5 Å². The molecule has 4 rings (SSSR count). The summed E-state index contributed by atoms with van der Waals surface area (Å²) in [5.74, 6) is 1.47. The van der Waals surface area contributed by atoms with Crippen molar-refractivity contribution in [3.05, 3.63) is 36.4 Å². The van der Waals surface area contributed by atoms with Crippen LogP contribution in [0, 0.1) is 0 Å². The molecule has 1 aliphatic carbocycles. The zero-order valence-corrected chi connectivity index (χ0v) is 11.9. The van der Waals surface area contributed by atoms with Gasteiger partial charge in [0.25, 0.3) is 5.89 Å². The lowest BCUT2D eigenvalue weighted by atomic mass is 9.99. The van der Waals surface area contributed by atoms with Crippen LogP contribution < -0.4 is 5.73 Å². The van der Waals surface area contributed by atoms with Gasteiger partial charge in [0.1, 0.15) is 0 Å². The molecule has 0 saturated heterocycles. The van der Waals surface area contributed by atoms with Gasteiger partial charge in [0.15, 0.2) is 17.3 Å². The summed E-state index contributed by atoms with van der Waals surface area (Å²) in [7, 11) is 0. The molecule has 7 heteroatoms. The highest BCUT2D eigenvalue weighted by atomic mass is 16.5. The van der Waals surface area contributed by atoms with Crippen molar-refractivity contribution >= 4 is 0 Å². The maximum absolute atomic E-state index is 6.33. The van der Waals surface area contributed by atoms with Crippen molar-refractivity contribution in [2.75, 3.05) is 0 Å². The zero-order chi connectivity index (χ0) is 15.0. The van der Waals surface area contributed by atoms with Crippen molar-refractivity contribution in [1.82, 2.24) is 20.3 Å². The van der Waals surface area contributed by atoms with Gasteiger partial charge in [0, 0.05) is 24.0 Å². The van der Waals surface area contributed by atoms with Crippen molar-refractivity contribution in [3.8, 4) is 22.9 Å². The van der Waals surface area contributed by atoms with Crippen LogP contribution >= 0.6 is 0 Å². The fraction of sp³-hybridized carbons (Fsp3) is 0.333. The van der Waals surface area contributed by atoms with Gasteiger partial charge < -0.3 is 14.8 Å². The van der Waals surface area contributed by atoms with Crippen molar-refractivity contribution in [1.29, 1.82) is 0 Å². The first-order valence-electron chi connectivity index (χ1n) is 7.25. The van der Waals surface area contributed by atoms with Crippen LogP contribution in [-0.4, -0.2) is 20.3 Å². The minimum absolute atomic E-state index is 0.325. The van der Waals surface area contributed by atoms with Gasteiger partial charge in [-0.25, -0.2) is 0 Å². The average Bonchev–Trinajstić information content (AvgIpc) is 3.28. The monoisotopic (exact) mass is 297 g/mol. The van der Waals surface area contributed by atoms with Crippen LogP contribution in [0.3, 0.4) is 0 Å². The lowest BCUT2D eigenvalue weighted by Gasteiger charge is -2.17. The van der Waals surface area contributed by atoms with E-state index in [0.717, 1.165) is 31.2 Å². The van der Waals surface area contributed by atoms with E-state index >= 15 is 0 Å². The molecule has 0 amide bonds. The Bertz CT molecular complexity index is 774. The average molecular weight is 297 g/mol. The van der Waals surface area contributed by atoms with Gasteiger partial charge in [-0.2, -0.15) is 4.98 Å². The van der Waals surface area contributed by atoms with Crippen molar-refractivity contribution in [2.24, 2.45) is 5.73 Å². The van der Waals surface area contributed by atoms with E-state index < -0.39 is 5.54 Å². The summed E-state index contributed by atoms with van der Waals surface area (Å²) in [4.78, 5) is 8.45. The van der Waals surface area contributed by atoms with Gasteiger partial charge in [-0.15, -0.1) is 0 Å². The van der Waals surface area contributed by atoms with Gasteiger partial charge in [-0.3, -0.25) is 4.98 Å². The first kappa shape index (κ1) is 13.1. The molecule has 7 nitrogen and oxygen atoms in total. The normalized spacial score (nSPS) is 17.0. The predicted molar refractivity (Wildman–Crippen MR) is 77.4 cm³/mol. The molecule has 3 aromatic heterocycles. The Balaban J connectivity index is 1.63. The highest BCUT2D eigenvalue weighted by molar-refractivity contribution is 5.61. The summed E-state index contributed by atoms with van der Waals surface area (Å²) in [5, 5.41) is 8.01. The molecule has 2 N–H and O–H groups in total. The van der Waals surface area contributed by atoms with E-state index in [0.29, 0.717) is 23.2 Å². The maximum atomic E-state index is 6.33. The van der Waals surface area contributed by atoms with E-state index in [-0.39, 0.29) is 0 Å². The largest absolute Gasteiger partial charge is 0.355 e. The van der Waals surface area contributed by atoms with Gasteiger partial charge in [-0.1, -0.05) is 23.2 Å². The molecule has 0 spiro atoms. The Labute approximate surface area is 126 Å². The van der Waals surface area contributed by atoms with Gasteiger partial charge >= 0.3 is 0 Å². The minimum atomic E-state index is -0.475. The maximum Gasteiger partial charge on any atom is 0.280 e. The lowest BCUT2D eigenvalue weighted by molar-refractivity contribution is 0.370. The van der Waals surface area contributed by atoms with Crippen LogP contribution in [0.5, 0.6) is 0 Å². The number of hydrogen-bond acceptors (Lipinski definition) is 7. The number of aromatic nitrogens is 4. The van der Waals surface area contributed by atoms with Crippen LogP contribution in [0.25, 0.3) is 22.9 Å². The summed E-state index contributed by atoms with van der Waals surface area (Å²) in [6, 6.07) is 5.48. The fourth-order valence-corrected chi connectivity index (χ4v) is 2.78. The van der Waals surface area contributed by atoms with Crippen molar-refractivity contribution < 1.29 is 9.05 Å². The molecule has 22 heavy (non-hydrogen) atoms. The van der Waals surface area contributed by atoms with Crippen LogP contribution in [-0.2, 0) is 5.54 Å². The van der Waals surface area contributed by atoms with E-state index in [4.69, 9.17) is 14.8 Å². The predicted octanol–water partition coefficient (Wildman–Crippen LogP) is 2.51. The molecular formula is C15H15N5O2. The third-order valence-electron chi connectivity index (χ3n) is 4.04. The van der Waals surface area contributed by atoms with Crippen molar-refractivity contribution in [3.63, 3.8) is 0 Å². The Hall–Kier alpha value is -2.54. The van der Waals surface area contributed by atoms with E-state index in [2.05, 4.69) is 20.3 Å². The highest BCUT2D eigenvalue weighted by Crippen LogP contribution is 2.35. The van der Waals surface area contributed by atoms with Crippen LogP contribution in [0.4, 0.5) is 0 Å². The van der Waals surface area contributed by atoms with Gasteiger partial charge in [0.2, 0.25) is 0 Å². The smallest absolute Gasteiger partial charge is 0.280 e. The minimum Gasteiger partial charge on any atom is -0.355 e. The molecule has 0 radical (unpaired) electrons. The molecule has 0 aromatic carbocycles. The SMILES string of the molecule is NC1(c2noc(-c3cc(-c4cccnc4)on3)n2)CCCC1. The molecular weight excluding hydrogens is 282 g/mol. The summed E-state index contributed by atoms with van der Waals surface area (Å²) < 4.78 is 10.6. The summed E-state index contributed by atoms with van der Waals surface area (Å²) >= 11 is 0. The van der Waals surface area contributed by atoms with Crippen LogP contribution in [0.15, 0.2) is 39.6 Å². The summed E-state index contributed by atoms with van der Waals surface area (Å²) in [5.41, 5.74) is 7.20. The molecule has 0 bridgehead atoms. The summed E-state index contributed by atoms with van der Waals surface area (Å²) in [6.07, 6.45) is 7.35. The molecule has 3 heterocycles. The molecule has 3 aromatic rings. The van der Waals surface area contributed by atoms with Gasteiger partial charge in [-0.05, 0) is 25.0 Å². The Morgan fingerprint density at radius 1 is 1.14 bits per heavy atom. The molecule has 0 atom stereocenters. The third-order valence-corrected chi connectivity index (χ3v) is 4.04. The third kappa shape index (κ3) is 2.19. The Morgan fingerprint density at radius 2 is 2.00 bits per heavy atom. The zero-order valence-electron chi connectivity index (χ0n) is 11.9. The molecule has 1 fully saturated rings. The standard InChI is InChI=1S/C15H15N5O2/c16-15(5-1-2-6-15)14-18-13(22-20-14)11-8-12(21-19-11)10-4-3-7-17-9-10/h3-4,7-9H,1-2,5-6,16H2. The lowest BCUT2D eigenvalue weighted by Crippen LogP contribution is -2.34. The number of nitrogens with zero attached hydrogens (tertiary/aromatic N) is 4. The quantitative estimate of drug-likeness (QED) is 0.792. The highest BCUT2D eigenvalue weighted by Gasteiger charge is 2.36. The Kier molecular flexibility index (Phi) is 3.00. The van der Waals surface area contributed by atoms with Crippen molar-refractivity contribution in [2.45, 2.75) is 31.2 Å². The van der Waals surface area contributed by atoms with Crippen LogP contribution in [0.2, 0.25) is 0 Å². The van der Waals surface area contributed by atoms with Gasteiger partial charge in [0.05, 0.1) is 5.54 Å². The van der Waals surface area contributed by atoms with E-state index in [9.17, 15) is 0 Å². The first-order valence-corrected chi connectivity index (χ1v) is 7.25. The molecule has 1 saturated carbocycles. The number of hydrogen-bond donors (Lipinski definition) is 1. The second-order valence-corrected chi connectivity index (χ2v) is 5.60. The van der Waals surface area contributed by atoms with E-state index in [1.54, 1.807) is 18.5 Å². The second kappa shape index (κ2) is 5.03. The van der Waals surface area contributed by atoms with E-state index in [1.807, 2.05) is 12.1 Å². The first-order chi connectivity index (χ1) is 10.7. The molecule has 112 valence electrons. The summed E-state index contributed by atoms with van der Waals surface area (Å²) in [6.45, 7) is 0. The number of nitrogens with two attached hydrogens (primary N) is 1. The molecule has 0 unspecified atom stereocenters. The topological polar surface area (TPSA) is 104 Å². The second-order valence-electron chi connectivity index (χ2n) is 5.60.